The minimum absolute atomic E-state index is 0.133. The van der Waals surface area contributed by atoms with Gasteiger partial charge in [0, 0.05) is 25.4 Å². The second kappa shape index (κ2) is 4.25. The molecule has 0 saturated carbocycles. The summed E-state index contributed by atoms with van der Waals surface area (Å²) in [6.45, 7) is 1.84. The van der Waals surface area contributed by atoms with E-state index in [-0.39, 0.29) is 11.4 Å². The van der Waals surface area contributed by atoms with Gasteiger partial charge in [0.2, 0.25) is 11.8 Å². The Kier molecular flexibility index (Phi) is 2.78. The third-order valence-corrected chi connectivity index (χ3v) is 2.15. The zero-order valence-corrected chi connectivity index (χ0v) is 9.41. The van der Waals surface area contributed by atoms with E-state index in [0.717, 1.165) is 5.69 Å². The van der Waals surface area contributed by atoms with Gasteiger partial charge in [-0.1, -0.05) is 0 Å². The first-order valence-corrected chi connectivity index (χ1v) is 4.94. The van der Waals surface area contributed by atoms with E-state index in [1.165, 1.54) is 18.3 Å². The van der Waals surface area contributed by atoms with Gasteiger partial charge in [-0.25, -0.2) is 14.5 Å². The number of carboxylic acid groups (broad SMARTS) is 1. The van der Waals surface area contributed by atoms with Crippen LogP contribution in [0.2, 0.25) is 0 Å². The third-order valence-electron chi connectivity index (χ3n) is 2.15. The number of aromatic carboxylic acids is 1. The van der Waals surface area contributed by atoms with Gasteiger partial charge in [0.05, 0.1) is 11.3 Å². The van der Waals surface area contributed by atoms with E-state index in [2.05, 4.69) is 10.1 Å². The minimum Gasteiger partial charge on any atom is -0.478 e. The molecule has 17 heavy (non-hydrogen) atoms. The molecule has 2 aromatic heterocycles. The predicted octanol–water partition coefficient (Wildman–Crippen LogP) is 1.61. The smallest absolute Gasteiger partial charge is 0.335 e. The molecule has 0 amide bonds. The fourth-order valence-corrected chi connectivity index (χ4v) is 1.39. The first kappa shape index (κ1) is 11.1. The molecule has 0 atom stereocenters. The number of pyridine rings is 1. The maximum absolute atomic E-state index is 10.8. The highest BCUT2D eigenvalue weighted by Gasteiger charge is 2.08. The van der Waals surface area contributed by atoms with Crippen molar-refractivity contribution in [1.82, 2.24) is 14.8 Å². The zero-order chi connectivity index (χ0) is 12.4. The van der Waals surface area contributed by atoms with Crippen LogP contribution in [0.25, 0.3) is 0 Å². The van der Waals surface area contributed by atoms with E-state index in [1.54, 1.807) is 17.8 Å². The van der Waals surface area contributed by atoms with Crippen molar-refractivity contribution in [2.24, 2.45) is 7.05 Å². The normalized spacial score (nSPS) is 10.2. The predicted molar refractivity (Wildman–Crippen MR) is 59.2 cm³/mol. The van der Waals surface area contributed by atoms with Crippen LogP contribution >= 0.6 is 0 Å². The highest BCUT2D eigenvalue weighted by Crippen LogP contribution is 2.20. The van der Waals surface area contributed by atoms with Crippen molar-refractivity contribution in [3.63, 3.8) is 0 Å². The van der Waals surface area contributed by atoms with Gasteiger partial charge in [-0.05, 0) is 13.0 Å². The van der Waals surface area contributed by atoms with Crippen molar-refractivity contribution >= 4 is 5.97 Å². The monoisotopic (exact) mass is 233 g/mol. The van der Waals surface area contributed by atoms with Gasteiger partial charge >= 0.3 is 5.97 Å². The van der Waals surface area contributed by atoms with Crippen molar-refractivity contribution in [2.45, 2.75) is 6.92 Å². The van der Waals surface area contributed by atoms with Gasteiger partial charge < -0.3 is 9.84 Å². The second-order valence-corrected chi connectivity index (χ2v) is 3.54. The van der Waals surface area contributed by atoms with Gasteiger partial charge in [-0.15, -0.1) is 0 Å². The third kappa shape index (κ3) is 2.41. The highest BCUT2D eigenvalue weighted by molar-refractivity contribution is 5.87. The first-order valence-electron chi connectivity index (χ1n) is 4.94. The number of aryl methyl sites for hydroxylation is 2. The van der Waals surface area contributed by atoms with Crippen molar-refractivity contribution in [2.75, 3.05) is 0 Å². The number of aromatic nitrogens is 3. The number of carbonyl (C=O) groups is 1. The van der Waals surface area contributed by atoms with Gasteiger partial charge in [-0.3, -0.25) is 0 Å². The maximum Gasteiger partial charge on any atom is 0.335 e. The Morgan fingerprint density at radius 3 is 2.82 bits per heavy atom. The molecule has 1 N–H and O–H groups in total. The van der Waals surface area contributed by atoms with Crippen LogP contribution in [0.4, 0.5) is 0 Å². The van der Waals surface area contributed by atoms with Crippen molar-refractivity contribution < 1.29 is 14.6 Å². The highest BCUT2D eigenvalue weighted by atomic mass is 16.5. The Balaban J connectivity index is 2.27. The molecule has 6 nitrogen and oxygen atoms in total. The van der Waals surface area contributed by atoms with Gasteiger partial charge in [0.1, 0.15) is 0 Å². The molecule has 2 heterocycles. The summed E-state index contributed by atoms with van der Waals surface area (Å²) in [6, 6.07) is 4.52. The van der Waals surface area contributed by atoms with Crippen LogP contribution < -0.4 is 4.74 Å². The summed E-state index contributed by atoms with van der Waals surface area (Å²) >= 11 is 0. The molecule has 0 aliphatic rings. The van der Waals surface area contributed by atoms with Crippen LogP contribution in [0.15, 0.2) is 24.4 Å². The van der Waals surface area contributed by atoms with E-state index >= 15 is 0 Å². The molecule has 0 fully saturated rings. The van der Waals surface area contributed by atoms with Crippen LogP contribution in [-0.2, 0) is 7.05 Å². The average Bonchev–Trinajstić information content (AvgIpc) is 2.58. The standard InChI is InChI=1S/C11H11N3O3/c1-7-5-10(14(2)13-7)17-9-6-8(11(15)16)3-4-12-9/h3-6H,1-2H3,(H,15,16). The van der Waals surface area contributed by atoms with E-state index < -0.39 is 5.97 Å². The summed E-state index contributed by atoms with van der Waals surface area (Å²) < 4.78 is 7.01. The summed E-state index contributed by atoms with van der Waals surface area (Å²) in [5.41, 5.74) is 0.950. The number of hydrogen-bond acceptors (Lipinski definition) is 4. The Morgan fingerprint density at radius 2 is 2.24 bits per heavy atom. The zero-order valence-electron chi connectivity index (χ0n) is 9.41. The lowest BCUT2D eigenvalue weighted by atomic mass is 10.3. The Labute approximate surface area is 97.5 Å². The number of hydrogen-bond donors (Lipinski definition) is 1. The van der Waals surface area contributed by atoms with Gasteiger partial charge in [0.15, 0.2) is 0 Å². The number of nitrogens with zero attached hydrogens (tertiary/aromatic N) is 3. The van der Waals surface area contributed by atoms with Crippen LogP contribution in [-0.4, -0.2) is 25.8 Å². The molecular formula is C11H11N3O3. The number of ether oxygens (including phenoxy) is 1. The van der Waals surface area contributed by atoms with E-state index in [1.807, 2.05) is 6.92 Å². The fourth-order valence-electron chi connectivity index (χ4n) is 1.39. The summed E-state index contributed by atoms with van der Waals surface area (Å²) in [7, 11) is 1.74. The van der Waals surface area contributed by atoms with Crippen molar-refractivity contribution in [3.05, 3.63) is 35.7 Å². The molecule has 6 heteroatoms. The van der Waals surface area contributed by atoms with Crippen LogP contribution in [0.5, 0.6) is 11.8 Å². The van der Waals surface area contributed by atoms with Crippen molar-refractivity contribution in [3.8, 4) is 11.8 Å². The minimum atomic E-state index is -1.02. The molecule has 0 aliphatic heterocycles. The second-order valence-electron chi connectivity index (χ2n) is 3.54. The Morgan fingerprint density at radius 1 is 1.47 bits per heavy atom. The molecule has 2 rings (SSSR count). The molecule has 0 radical (unpaired) electrons. The Bertz CT molecular complexity index is 563. The molecule has 0 spiro atoms. The summed E-state index contributed by atoms with van der Waals surface area (Å²) in [6.07, 6.45) is 1.39. The van der Waals surface area contributed by atoms with E-state index in [0.29, 0.717) is 5.88 Å². The average molecular weight is 233 g/mol. The topological polar surface area (TPSA) is 77.2 Å². The number of carboxylic acids is 1. The quantitative estimate of drug-likeness (QED) is 0.871. The first-order chi connectivity index (χ1) is 8.06. The maximum atomic E-state index is 10.8. The van der Waals surface area contributed by atoms with Crippen LogP contribution in [0.3, 0.4) is 0 Å². The molecule has 0 aromatic carbocycles. The van der Waals surface area contributed by atoms with Crippen molar-refractivity contribution in [1.29, 1.82) is 0 Å². The van der Waals surface area contributed by atoms with Gasteiger partial charge in [-0.2, -0.15) is 5.10 Å². The summed E-state index contributed by atoms with van der Waals surface area (Å²) in [5.74, 6) is -0.274. The Hall–Kier alpha value is -2.37. The van der Waals surface area contributed by atoms with E-state index in [9.17, 15) is 4.79 Å². The summed E-state index contributed by atoms with van der Waals surface area (Å²) in [4.78, 5) is 14.7. The summed E-state index contributed by atoms with van der Waals surface area (Å²) in [5, 5.41) is 12.9. The number of rotatable bonds is 3. The van der Waals surface area contributed by atoms with E-state index in [4.69, 9.17) is 9.84 Å². The van der Waals surface area contributed by atoms with Crippen LogP contribution in [0, 0.1) is 6.92 Å². The molecule has 0 saturated heterocycles. The molecule has 2 aromatic rings. The lowest BCUT2D eigenvalue weighted by molar-refractivity contribution is 0.0696. The molecule has 0 aliphatic carbocycles. The molecule has 0 unspecified atom stereocenters. The fraction of sp³-hybridized carbons (Fsp3) is 0.182. The van der Waals surface area contributed by atoms with Gasteiger partial charge in [0.25, 0.3) is 0 Å². The largest absolute Gasteiger partial charge is 0.478 e. The lowest BCUT2D eigenvalue weighted by Crippen LogP contribution is -1.99. The SMILES string of the molecule is Cc1cc(Oc2cc(C(=O)O)ccn2)n(C)n1. The lowest BCUT2D eigenvalue weighted by Gasteiger charge is -2.04. The molecule has 0 bridgehead atoms. The molecule has 88 valence electrons. The van der Waals surface area contributed by atoms with Crippen LogP contribution in [0.1, 0.15) is 16.1 Å². The molecular weight excluding hydrogens is 222 g/mol.